The van der Waals surface area contributed by atoms with Gasteiger partial charge in [-0.2, -0.15) is 0 Å². The number of carbonyl (C=O) groups excluding carboxylic acids is 1. The number of rotatable bonds is 8. The van der Waals surface area contributed by atoms with E-state index in [9.17, 15) is 4.79 Å². The lowest BCUT2D eigenvalue weighted by Gasteiger charge is -2.09. The first-order valence-corrected chi connectivity index (χ1v) is 11.6. The molecule has 0 unspecified atom stereocenters. The van der Waals surface area contributed by atoms with Gasteiger partial charge in [0, 0.05) is 4.90 Å². The lowest BCUT2D eigenvalue weighted by Crippen LogP contribution is -2.09. The predicted octanol–water partition coefficient (Wildman–Crippen LogP) is 4.64. The molecule has 0 N–H and O–H groups in total. The summed E-state index contributed by atoms with van der Waals surface area (Å²) >= 11 is 1.62. The Morgan fingerprint density at radius 3 is 2.65 bits per heavy atom. The number of benzene rings is 2. The standard InChI is InChI=1S/C24H24N4O5S/c1-14-21(26-27-28(14)16-8-6-9-17(12-16)34-5)24(29)32-13-19-15(2)33-23(25-19)18-10-7-11-20(30-3)22(18)31-4/h6-12H,13H2,1-5H3. The Balaban J connectivity index is 1.52. The summed E-state index contributed by atoms with van der Waals surface area (Å²) < 4.78 is 23.7. The molecule has 0 aliphatic heterocycles. The van der Waals surface area contributed by atoms with Crippen molar-refractivity contribution >= 4 is 17.7 Å². The molecular formula is C24H24N4O5S. The van der Waals surface area contributed by atoms with Crippen molar-refractivity contribution in [2.75, 3.05) is 20.5 Å². The highest BCUT2D eigenvalue weighted by Crippen LogP contribution is 2.38. The summed E-state index contributed by atoms with van der Waals surface area (Å²) in [4.78, 5) is 18.3. The van der Waals surface area contributed by atoms with E-state index in [1.807, 2.05) is 42.7 Å². The molecular weight excluding hydrogens is 456 g/mol. The highest BCUT2D eigenvalue weighted by atomic mass is 32.2. The molecule has 9 nitrogen and oxygen atoms in total. The van der Waals surface area contributed by atoms with Crippen LogP contribution in [0.3, 0.4) is 0 Å². The van der Waals surface area contributed by atoms with Crippen LogP contribution in [-0.2, 0) is 11.3 Å². The molecule has 0 fully saturated rings. The predicted molar refractivity (Wildman–Crippen MR) is 127 cm³/mol. The summed E-state index contributed by atoms with van der Waals surface area (Å²) in [6, 6.07) is 13.2. The fourth-order valence-corrected chi connectivity index (χ4v) is 3.89. The number of hydrogen-bond donors (Lipinski definition) is 0. The van der Waals surface area contributed by atoms with Crippen LogP contribution in [0.1, 0.15) is 27.6 Å². The molecule has 176 valence electrons. The van der Waals surface area contributed by atoms with Crippen molar-refractivity contribution in [2.45, 2.75) is 25.3 Å². The number of ether oxygens (including phenoxy) is 3. The van der Waals surface area contributed by atoms with Crippen LogP contribution >= 0.6 is 11.8 Å². The SMILES string of the molecule is COc1cccc(-c2nc(COC(=O)c3nnn(-c4cccc(SC)c4)c3C)c(C)o2)c1OC. The number of thioether (sulfide) groups is 1. The van der Waals surface area contributed by atoms with Gasteiger partial charge in [-0.1, -0.05) is 17.3 Å². The van der Waals surface area contributed by atoms with E-state index in [1.165, 1.54) is 0 Å². The first-order chi connectivity index (χ1) is 16.5. The number of para-hydroxylation sites is 1. The molecule has 2 heterocycles. The fourth-order valence-electron chi connectivity index (χ4n) is 3.44. The molecule has 0 saturated heterocycles. The number of nitrogens with zero attached hydrogens (tertiary/aromatic N) is 4. The molecule has 4 rings (SSSR count). The van der Waals surface area contributed by atoms with Gasteiger partial charge in [-0.05, 0) is 50.4 Å². The smallest absolute Gasteiger partial charge is 0.361 e. The van der Waals surface area contributed by atoms with Gasteiger partial charge in [-0.15, -0.1) is 16.9 Å². The van der Waals surface area contributed by atoms with Crippen LogP contribution in [0, 0.1) is 13.8 Å². The highest BCUT2D eigenvalue weighted by Gasteiger charge is 2.22. The Kier molecular flexibility index (Phi) is 6.87. The number of aromatic nitrogens is 4. The Morgan fingerprint density at radius 2 is 1.91 bits per heavy atom. The van der Waals surface area contributed by atoms with E-state index in [4.69, 9.17) is 18.6 Å². The molecule has 2 aromatic heterocycles. The second-order valence-electron chi connectivity index (χ2n) is 7.28. The number of carbonyl (C=O) groups is 1. The van der Waals surface area contributed by atoms with E-state index in [0.29, 0.717) is 40.1 Å². The van der Waals surface area contributed by atoms with Crippen LogP contribution in [0.25, 0.3) is 17.1 Å². The summed E-state index contributed by atoms with van der Waals surface area (Å²) in [7, 11) is 3.11. The van der Waals surface area contributed by atoms with E-state index in [0.717, 1.165) is 10.6 Å². The summed E-state index contributed by atoms with van der Waals surface area (Å²) in [6.07, 6.45) is 2.00. The molecule has 0 spiro atoms. The second kappa shape index (κ2) is 10.0. The summed E-state index contributed by atoms with van der Waals surface area (Å²) in [6.45, 7) is 3.46. The average molecular weight is 481 g/mol. The zero-order valence-corrected chi connectivity index (χ0v) is 20.3. The molecule has 10 heteroatoms. The van der Waals surface area contributed by atoms with Crippen LogP contribution in [0.2, 0.25) is 0 Å². The van der Waals surface area contributed by atoms with Gasteiger partial charge in [0.2, 0.25) is 5.89 Å². The van der Waals surface area contributed by atoms with Gasteiger partial charge in [0.15, 0.2) is 17.2 Å². The molecule has 0 aliphatic rings. The number of aryl methyl sites for hydroxylation is 1. The fraction of sp³-hybridized carbons (Fsp3) is 0.250. The van der Waals surface area contributed by atoms with Crippen molar-refractivity contribution < 1.29 is 23.4 Å². The van der Waals surface area contributed by atoms with Gasteiger partial charge in [-0.25, -0.2) is 14.5 Å². The van der Waals surface area contributed by atoms with Crippen molar-refractivity contribution in [1.29, 1.82) is 0 Å². The molecule has 2 aromatic carbocycles. The number of esters is 1. The Bertz CT molecular complexity index is 1330. The van der Waals surface area contributed by atoms with Crippen LogP contribution in [-0.4, -0.2) is 46.4 Å². The van der Waals surface area contributed by atoms with E-state index in [-0.39, 0.29) is 12.3 Å². The molecule has 0 atom stereocenters. The van der Waals surface area contributed by atoms with Gasteiger partial charge in [-0.3, -0.25) is 0 Å². The maximum atomic E-state index is 12.7. The van der Waals surface area contributed by atoms with Crippen molar-refractivity contribution in [3.8, 4) is 28.6 Å². The molecule has 34 heavy (non-hydrogen) atoms. The number of methoxy groups -OCH3 is 2. The van der Waals surface area contributed by atoms with Gasteiger partial charge < -0.3 is 18.6 Å². The van der Waals surface area contributed by atoms with Crippen molar-refractivity contribution in [1.82, 2.24) is 20.0 Å². The summed E-state index contributed by atoms with van der Waals surface area (Å²) in [5.74, 6) is 1.35. The highest BCUT2D eigenvalue weighted by molar-refractivity contribution is 7.98. The zero-order chi connectivity index (χ0) is 24.2. The maximum Gasteiger partial charge on any atom is 0.361 e. The molecule has 0 saturated carbocycles. The monoisotopic (exact) mass is 480 g/mol. The summed E-state index contributed by atoms with van der Waals surface area (Å²) in [5.41, 5.74) is 2.67. The van der Waals surface area contributed by atoms with Crippen LogP contribution in [0.5, 0.6) is 11.5 Å². The molecule has 0 bridgehead atoms. The lowest BCUT2D eigenvalue weighted by molar-refractivity contribution is 0.0459. The van der Waals surface area contributed by atoms with Crippen LogP contribution in [0.4, 0.5) is 0 Å². The minimum atomic E-state index is -0.590. The minimum absolute atomic E-state index is 0.0747. The minimum Gasteiger partial charge on any atom is -0.493 e. The largest absolute Gasteiger partial charge is 0.493 e. The molecule has 0 radical (unpaired) electrons. The Labute approximate surface area is 201 Å². The maximum absolute atomic E-state index is 12.7. The third-order valence-corrected chi connectivity index (χ3v) is 5.98. The van der Waals surface area contributed by atoms with E-state index in [2.05, 4.69) is 15.3 Å². The third-order valence-electron chi connectivity index (χ3n) is 5.25. The number of oxazole rings is 1. The normalized spacial score (nSPS) is 10.9. The van der Waals surface area contributed by atoms with Gasteiger partial charge in [0.05, 0.1) is 31.2 Å². The first-order valence-electron chi connectivity index (χ1n) is 10.4. The van der Waals surface area contributed by atoms with E-state index < -0.39 is 5.97 Å². The molecule has 0 amide bonds. The zero-order valence-electron chi connectivity index (χ0n) is 19.5. The van der Waals surface area contributed by atoms with Gasteiger partial charge in [0.1, 0.15) is 18.1 Å². The number of hydrogen-bond acceptors (Lipinski definition) is 9. The summed E-state index contributed by atoms with van der Waals surface area (Å²) in [5, 5.41) is 8.17. The Hall–Kier alpha value is -3.79. The third kappa shape index (κ3) is 4.49. The van der Waals surface area contributed by atoms with Crippen molar-refractivity contribution in [3.63, 3.8) is 0 Å². The van der Waals surface area contributed by atoms with E-state index >= 15 is 0 Å². The molecule has 0 aliphatic carbocycles. The topological polar surface area (TPSA) is 102 Å². The van der Waals surface area contributed by atoms with Crippen LogP contribution < -0.4 is 9.47 Å². The Morgan fingerprint density at radius 1 is 1.12 bits per heavy atom. The van der Waals surface area contributed by atoms with Gasteiger partial charge >= 0.3 is 5.97 Å². The van der Waals surface area contributed by atoms with Crippen molar-refractivity contribution in [3.05, 3.63) is 65.3 Å². The van der Waals surface area contributed by atoms with Crippen LogP contribution in [0.15, 0.2) is 51.8 Å². The average Bonchev–Trinajstić information content (AvgIpc) is 3.44. The van der Waals surface area contributed by atoms with Crippen molar-refractivity contribution in [2.24, 2.45) is 0 Å². The first kappa shape index (κ1) is 23.4. The van der Waals surface area contributed by atoms with Gasteiger partial charge in [0.25, 0.3) is 0 Å². The lowest BCUT2D eigenvalue weighted by atomic mass is 10.2. The quantitative estimate of drug-likeness (QED) is 0.264. The molecule has 4 aromatic rings. The van der Waals surface area contributed by atoms with E-state index in [1.54, 1.807) is 50.6 Å². The second-order valence-corrected chi connectivity index (χ2v) is 8.16.